The van der Waals surface area contributed by atoms with Crippen LogP contribution in [0.5, 0.6) is 0 Å². The number of aryl methyl sites for hydroxylation is 1. The summed E-state index contributed by atoms with van der Waals surface area (Å²) < 4.78 is 6.81. The third-order valence-electron chi connectivity index (χ3n) is 4.58. The van der Waals surface area contributed by atoms with Crippen molar-refractivity contribution in [2.24, 2.45) is 0 Å². The molecule has 9 heteroatoms. The lowest BCUT2D eigenvalue weighted by atomic mass is 10.2. The number of aromatic nitrogens is 5. The summed E-state index contributed by atoms with van der Waals surface area (Å²) in [6.45, 7) is 5.50. The van der Waals surface area contributed by atoms with Crippen molar-refractivity contribution < 1.29 is 9.32 Å². The molecule has 9 nitrogen and oxygen atoms in total. The Kier molecular flexibility index (Phi) is 4.93. The predicted molar refractivity (Wildman–Crippen MR) is 96.2 cm³/mol. The lowest BCUT2D eigenvalue weighted by Gasteiger charge is -2.33. The number of rotatable bonds is 5. The zero-order chi connectivity index (χ0) is 18.6. The second-order valence-corrected chi connectivity index (χ2v) is 6.41. The van der Waals surface area contributed by atoms with E-state index in [1.807, 2.05) is 24.0 Å². The van der Waals surface area contributed by atoms with Gasteiger partial charge in [0, 0.05) is 45.0 Å². The number of nitrogens with zero attached hydrogens (tertiary/aromatic N) is 7. The van der Waals surface area contributed by atoms with Gasteiger partial charge < -0.3 is 9.42 Å². The van der Waals surface area contributed by atoms with Crippen LogP contribution < -0.4 is 0 Å². The van der Waals surface area contributed by atoms with E-state index in [0.29, 0.717) is 36.9 Å². The summed E-state index contributed by atoms with van der Waals surface area (Å²) in [5.41, 5.74) is 1.41. The van der Waals surface area contributed by atoms with Crippen LogP contribution in [0.25, 0.3) is 5.69 Å². The molecule has 0 bridgehead atoms. The lowest BCUT2D eigenvalue weighted by molar-refractivity contribution is 0.0624. The summed E-state index contributed by atoms with van der Waals surface area (Å²) in [6, 6.07) is 3.74. The predicted octanol–water partition coefficient (Wildman–Crippen LogP) is 1.17. The Labute approximate surface area is 156 Å². The first kappa shape index (κ1) is 17.3. The first-order valence-electron chi connectivity index (χ1n) is 9.01. The van der Waals surface area contributed by atoms with Crippen molar-refractivity contribution in [3.8, 4) is 5.69 Å². The standard InChI is InChI=1S/C18H21N7O2/c1-2-17-21-16(22-27-17)13-23-6-8-24(9-7-23)18(26)14-10-20-25(12-14)15-4-3-5-19-11-15/h3-5,10-12H,2,6-9,13H2,1H3. The molecule has 0 unspecified atom stereocenters. The fourth-order valence-corrected chi connectivity index (χ4v) is 3.05. The molecule has 4 heterocycles. The number of hydrogen-bond acceptors (Lipinski definition) is 7. The molecule has 27 heavy (non-hydrogen) atoms. The molecule has 4 rings (SSSR count). The van der Waals surface area contributed by atoms with Crippen LogP contribution in [0, 0.1) is 0 Å². The van der Waals surface area contributed by atoms with Crippen molar-refractivity contribution in [1.29, 1.82) is 0 Å². The van der Waals surface area contributed by atoms with Crippen molar-refractivity contribution in [3.63, 3.8) is 0 Å². The number of hydrogen-bond donors (Lipinski definition) is 0. The van der Waals surface area contributed by atoms with Gasteiger partial charge in [-0.15, -0.1) is 0 Å². The summed E-state index contributed by atoms with van der Waals surface area (Å²) in [7, 11) is 0. The Morgan fingerprint density at radius 3 is 2.78 bits per heavy atom. The molecular weight excluding hydrogens is 346 g/mol. The van der Waals surface area contributed by atoms with Crippen LogP contribution in [0.3, 0.4) is 0 Å². The number of carbonyl (C=O) groups is 1. The minimum Gasteiger partial charge on any atom is -0.339 e. The lowest BCUT2D eigenvalue weighted by Crippen LogP contribution is -2.48. The Hall–Kier alpha value is -3.07. The van der Waals surface area contributed by atoms with Crippen molar-refractivity contribution in [2.75, 3.05) is 26.2 Å². The van der Waals surface area contributed by atoms with Crippen molar-refractivity contribution in [2.45, 2.75) is 19.9 Å². The van der Waals surface area contributed by atoms with Gasteiger partial charge in [0.1, 0.15) is 0 Å². The maximum Gasteiger partial charge on any atom is 0.257 e. The quantitative estimate of drug-likeness (QED) is 0.668. The first-order chi connectivity index (χ1) is 13.2. The summed E-state index contributed by atoms with van der Waals surface area (Å²) in [6.07, 6.45) is 7.50. The SMILES string of the molecule is CCc1nc(CN2CCN(C(=O)c3cnn(-c4cccnc4)c3)CC2)no1. The molecule has 1 amide bonds. The van der Waals surface area contributed by atoms with Crippen LogP contribution in [-0.2, 0) is 13.0 Å². The van der Waals surface area contributed by atoms with E-state index >= 15 is 0 Å². The van der Waals surface area contributed by atoms with Crippen LogP contribution in [0.15, 0.2) is 41.4 Å². The molecule has 1 fully saturated rings. The van der Waals surface area contributed by atoms with Gasteiger partial charge in [0.2, 0.25) is 5.89 Å². The second kappa shape index (κ2) is 7.67. The highest BCUT2D eigenvalue weighted by atomic mass is 16.5. The summed E-state index contributed by atoms with van der Waals surface area (Å²) >= 11 is 0. The molecule has 0 aliphatic carbocycles. The van der Waals surface area contributed by atoms with Crippen LogP contribution in [-0.4, -0.2) is 66.8 Å². The number of piperazine rings is 1. The molecule has 1 saturated heterocycles. The van der Waals surface area contributed by atoms with E-state index in [1.165, 1.54) is 0 Å². The molecule has 0 atom stereocenters. The van der Waals surface area contributed by atoms with E-state index in [0.717, 1.165) is 25.2 Å². The molecule has 0 aromatic carbocycles. The van der Waals surface area contributed by atoms with Crippen LogP contribution in [0.4, 0.5) is 0 Å². The second-order valence-electron chi connectivity index (χ2n) is 6.41. The Balaban J connectivity index is 1.34. The van der Waals surface area contributed by atoms with Gasteiger partial charge >= 0.3 is 0 Å². The van der Waals surface area contributed by atoms with E-state index in [-0.39, 0.29) is 5.91 Å². The minimum absolute atomic E-state index is 0.00220. The molecule has 1 aliphatic rings. The third-order valence-corrected chi connectivity index (χ3v) is 4.58. The van der Waals surface area contributed by atoms with E-state index in [4.69, 9.17) is 4.52 Å². The average molecular weight is 367 g/mol. The fourth-order valence-electron chi connectivity index (χ4n) is 3.05. The molecule has 0 spiro atoms. The molecule has 3 aromatic heterocycles. The van der Waals surface area contributed by atoms with E-state index in [2.05, 4.69) is 25.1 Å². The third kappa shape index (κ3) is 3.87. The Bertz CT molecular complexity index is 897. The van der Waals surface area contributed by atoms with Crippen LogP contribution in [0.1, 0.15) is 29.0 Å². The largest absolute Gasteiger partial charge is 0.339 e. The van der Waals surface area contributed by atoms with Crippen molar-refractivity contribution in [3.05, 3.63) is 54.2 Å². The Morgan fingerprint density at radius 2 is 2.07 bits per heavy atom. The van der Waals surface area contributed by atoms with E-state index in [1.54, 1.807) is 29.5 Å². The molecule has 0 radical (unpaired) electrons. The number of amides is 1. The summed E-state index contributed by atoms with van der Waals surface area (Å²) in [5.74, 6) is 1.35. The first-order valence-corrected chi connectivity index (χ1v) is 9.01. The molecule has 3 aromatic rings. The molecular formula is C18H21N7O2. The van der Waals surface area contributed by atoms with E-state index in [9.17, 15) is 4.79 Å². The number of carbonyl (C=O) groups excluding carboxylic acids is 1. The van der Waals surface area contributed by atoms with Crippen LogP contribution in [0.2, 0.25) is 0 Å². The van der Waals surface area contributed by atoms with Crippen molar-refractivity contribution >= 4 is 5.91 Å². The van der Waals surface area contributed by atoms with Gasteiger partial charge in [-0.1, -0.05) is 12.1 Å². The van der Waals surface area contributed by atoms with Crippen LogP contribution >= 0.6 is 0 Å². The van der Waals surface area contributed by atoms with Gasteiger partial charge in [0.15, 0.2) is 5.82 Å². The summed E-state index contributed by atoms with van der Waals surface area (Å²) in [5, 5.41) is 8.27. The highest BCUT2D eigenvalue weighted by Gasteiger charge is 2.24. The molecule has 0 N–H and O–H groups in total. The highest BCUT2D eigenvalue weighted by Crippen LogP contribution is 2.12. The molecule has 140 valence electrons. The van der Waals surface area contributed by atoms with Gasteiger partial charge in [0.25, 0.3) is 5.91 Å². The zero-order valence-electron chi connectivity index (χ0n) is 15.2. The highest BCUT2D eigenvalue weighted by molar-refractivity contribution is 5.93. The Morgan fingerprint density at radius 1 is 1.22 bits per heavy atom. The minimum atomic E-state index is -0.00220. The van der Waals surface area contributed by atoms with Gasteiger partial charge in [0.05, 0.1) is 30.2 Å². The number of pyridine rings is 1. The normalized spacial score (nSPS) is 15.2. The van der Waals surface area contributed by atoms with Gasteiger partial charge in [-0.2, -0.15) is 10.1 Å². The molecule has 0 saturated carbocycles. The smallest absolute Gasteiger partial charge is 0.257 e. The maximum absolute atomic E-state index is 12.8. The maximum atomic E-state index is 12.8. The van der Waals surface area contributed by atoms with Gasteiger partial charge in [-0.3, -0.25) is 14.7 Å². The summed E-state index contributed by atoms with van der Waals surface area (Å²) in [4.78, 5) is 25.3. The monoisotopic (exact) mass is 367 g/mol. The van der Waals surface area contributed by atoms with Crippen molar-refractivity contribution in [1.82, 2.24) is 34.7 Å². The fraction of sp³-hybridized carbons (Fsp3) is 0.389. The zero-order valence-corrected chi connectivity index (χ0v) is 15.2. The van der Waals surface area contributed by atoms with Gasteiger partial charge in [-0.05, 0) is 12.1 Å². The van der Waals surface area contributed by atoms with Gasteiger partial charge in [-0.25, -0.2) is 4.68 Å². The molecule has 1 aliphatic heterocycles. The average Bonchev–Trinajstić information content (AvgIpc) is 3.38. The van der Waals surface area contributed by atoms with E-state index < -0.39 is 0 Å². The topological polar surface area (TPSA) is 93.2 Å².